The summed E-state index contributed by atoms with van der Waals surface area (Å²) in [6.45, 7) is 6.18. The maximum absolute atomic E-state index is 12.5. The van der Waals surface area contributed by atoms with Gasteiger partial charge < -0.3 is 20.7 Å². The molecule has 2 unspecified atom stereocenters. The lowest BCUT2D eigenvalue weighted by Gasteiger charge is -2.14. The Kier molecular flexibility index (Phi) is 8.47. The van der Waals surface area contributed by atoms with Crippen LogP contribution in [0, 0.1) is 0 Å². The summed E-state index contributed by atoms with van der Waals surface area (Å²) < 4.78 is 5.76. The molecule has 0 bridgehead atoms. The van der Waals surface area contributed by atoms with Gasteiger partial charge in [-0.05, 0) is 74.4 Å². The summed E-state index contributed by atoms with van der Waals surface area (Å²) in [4.78, 5) is 24.8. The van der Waals surface area contributed by atoms with E-state index in [1.807, 2.05) is 68.4 Å². The predicted octanol–water partition coefficient (Wildman–Crippen LogP) is 5.41. The Balaban J connectivity index is 1.46. The number of rotatable bonds is 10. The van der Waals surface area contributed by atoms with Crippen molar-refractivity contribution < 1.29 is 14.3 Å². The predicted molar refractivity (Wildman–Crippen MR) is 133 cm³/mol. The van der Waals surface area contributed by atoms with Gasteiger partial charge in [0.05, 0.1) is 18.7 Å². The molecule has 0 aliphatic rings. The van der Waals surface area contributed by atoms with Crippen molar-refractivity contribution in [3.8, 4) is 5.75 Å². The van der Waals surface area contributed by atoms with E-state index in [9.17, 15) is 9.59 Å². The molecule has 0 heterocycles. The first-order valence-electron chi connectivity index (χ1n) is 11.2. The van der Waals surface area contributed by atoms with Gasteiger partial charge >= 0.3 is 0 Å². The van der Waals surface area contributed by atoms with Crippen molar-refractivity contribution in [2.75, 3.05) is 17.2 Å². The van der Waals surface area contributed by atoms with Gasteiger partial charge in [-0.2, -0.15) is 0 Å². The summed E-state index contributed by atoms with van der Waals surface area (Å²) in [5.41, 5.74) is 3.04. The molecule has 3 rings (SSSR count). The molecule has 6 heteroatoms. The second-order valence-corrected chi connectivity index (χ2v) is 7.95. The van der Waals surface area contributed by atoms with E-state index in [-0.39, 0.29) is 30.5 Å². The van der Waals surface area contributed by atoms with Gasteiger partial charge in [-0.15, -0.1) is 0 Å². The summed E-state index contributed by atoms with van der Waals surface area (Å²) >= 11 is 0. The average molecular weight is 446 g/mol. The molecule has 0 radical (unpaired) electrons. The van der Waals surface area contributed by atoms with Crippen LogP contribution in [0.3, 0.4) is 0 Å². The van der Waals surface area contributed by atoms with Crippen LogP contribution in [0.5, 0.6) is 5.75 Å². The number of carbonyl (C=O) groups is 2. The van der Waals surface area contributed by atoms with Crippen molar-refractivity contribution >= 4 is 23.2 Å². The van der Waals surface area contributed by atoms with Crippen LogP contribution in [0.4, 0.5) is 11.4 Å². The molecule has 0 aliphatic carbocycles. The van der Waals surface area contributed by atoms with Gasteiger partial charge in [-0.25, -0.2) is 0 Å². The molecule has 0 aliphatic heterocycles. The molecule has 3 N–H and O–H groups in total. The van der Waals surface area contributed by atoms with Crippen LogP contribution in [0.25, 0.3) is 0 Å². The molecule has 0 saturated heterocycles. The van der Waals surface area contributed by atoms with Crippen LogP contribution in [0.1, 0.15) is 49.2 Å². The summed E-state index contributed by atoms with van der Waals surface area (Å²) in [5, 5.41) is 8.91. The third-order valence-corrected chi connectivity index (χ3v) is 5.30. The van der Waals surface area contributed by atoms with E-state index in [0.717, 1.165) is 23.4 Å². The Bertz CT molecular complexity index is 1030. The monoisotopic (exact) mass is 445 g/mol. The number of hydrogen-bond donors (Lipinski definition) is 3. The second-order valence-electron chi connectivity index (χ2n) is 7.95. The zero-order chi connectivity index (χ0) is 23.6. The molecule has 0 spiro atoms. The highest BCUT2D eigenvalue weighted by molar-refractivity contribution is 5.96. The lowest BCUT2D eigenvalue weighted by Crippen LogP contribution is -2.26. The minimum Gasteiger partial charge on any atom is -0.491 e. The third-order valence-electron chi connectivity index (χ3n) is 5.30. The van der Waals surface area contributed by atoms with Crippen molar-refractivity contribution in [1.29, 1.82) is 0 Å². The largest absolute Gasteiger partial charge is 0.491 e. The smallest absolute Gasteiger partial charge is 0.251 e. The number of nitrogens with one attached hydrogen (secondary N) is 3. The molecule has 3 aromatic carbocycles. The summed E-state index contributed by atoms with van der Waals surface area (Å²) in [6.07, 6.45) is 1.11. The Morgan fingerprint density at radius 2 is 1.48 bits per heavy atom. The lowest BCUT2D eigenvalue weighted by atomic mass is 10.1. The molecule has 2 atom stereocenters. The highest BCUT2D eigenvalue weighted by atomic mass is 16.5. The number of benzene rings is 3. The van der Waals surface area contributed by atoms with E-state index in [1.165, 1.54) is 0 Å². The van der Waals surface area contributed by atoms with E-state index >= 15 is 0 Å². The van der Waals surface area contributed by atoms with Crippen LogP contribution in [-0.4, -0.2) is 24.5 Å². The highest BCUT2D eigenvalue weighted by Gasteiger charge is 2.11. The average Bonchev–Trinajstić information content (AvgIpc) is 2.84. The number of anilines is 2. The van der Waals surface area contributed by atoms with Gasteiger partial charge in [0.15, 0.2) is 0 Å². The topological polar surface area (TPSA) is 79.5 Å². The van der Waals surface area contributed by atoms with Crippen molar-refractivity contribution in [3.63, 3.8) is 0 Å². The van der Waals surface area contributed by atoms with Gasteiger partial charge in [0.25, 0.3) is 5.91 Å². The van der Waals surface area contributed by atoms with E-state index in [4.69, 9.17) is 4.74 Å². The van der Waals surface area contributed by atoms with E-state index in [0.29, 0.717) is 11.3 Å². The van der Waals surface area contributed by atoms with Crippen molar-refractivity contribution in [3.05, 3.63) is 90.0 Å². The van der Waals surface area contributed by atoms with E-state index < -0.39 is 0 Å². The van der Waals surface area contributed by atoms with Gasteiger partial charge in [0.1, 0.15) is 5.75 Å². The first-order valence-corrected chi connectivity index (χ1v) is 11.2. The fraction of sp³-hybridized carbons (Fsp3) is 0.259. The normalized spacial score (nSPS) is 12.3. The van der Waals surface area contributed by atoms with Crippen LogP contribution < -0.4 is 20.7 Å². The van der Waals surface area contributed by atoms with Crippen LogP contribution >= 0.6 is 0 Å². The number of carbonyl (C=O) groups excluding carboxylic acids is 2. The SMILES string of the molecule is CCC(C)Oc1ccc(NCC(=O)Nc2ccc(C(=O)NC(C)c3ccccc3)cc2)cc1. The standard InChI is InChI=1S/C27H31N3O3/c1-4-19(2)33-25-16-14-23(15-17-25)28-18-26(31)30-24-12-10-22(11-13-24)27(32)29-20(3)21-8-6-5-7-9-21/h5-17,19-20,28H,4,18H2,1-3H3,(H,29,32)(H,30,31). The van der Waals surface area contributed by atoms with Crippen molar-refractivity contribution in [2.45, 2.75) is 39.3 Å². The molecule has 0 saturated carbocycles. The Morgan fingerprint density at radius 3 is 2.12 bits per heavy atom. The molecule has 2 amide bonds. The zero-order valence-electron chi connectivity index (χ0n) is 19.3. The van der Waals surface area contributed by atoms with Gasteiger partial charge in [0, 0.05) is 16.9 Å². The minimum atomic E-state index is -0.176. The van der Waals surface area contributed by atoms with Crippen LogP contribution in [0.15, 0.2) is 78.9 Å². The van der Waals surface area contributed by atoms with E-state index in [1.54, 1.807) is 24.3 Å². The molecule has 172 valence electrons. The Labute approximate surface area is 195 Å². The van der Waals surface area contributed by atoms with Gasteiger partial charge in [0.2, 0.25) is 5.91 Å². The summed E-state index contributed by atoms with van der Waals surface area (Å²) in [5.74, 6) is 0.470. The molecule has 6 nitrogen and oxygen atoms in total. The molecular weight excluding hydrogens is 414 g/mol. The van der Waals surface area contributed by atoms with Crippen molar-refractivity contribution in [2.24, 2.45) is 0 Å². The van der Waals surface area contributed by atoms with Gasteiger partial charge in [-0.3, -0.25) is 9.59 Å². The maximum Gasteiger partial charge on any atom is 0.251 e. The number of amides is 2. The lowest BCUT2D eigenvalue weighted by molar-refractivity contribution is -0.114. The fourth-order valence-electron chi connectivity index (χ4n) is 3.16. The minimum absolute atomic E-state index is 0.0974. The molecule has 0 aromatic heterocycles. The Hall–Kier alpha value is -3.80. The number of ether oxygens (including phenoxy) is 1. The molecular formula is C27H31N3O3. The molecule has 3 aromatic rings. The van der Waals surface area contributed by atoms with Crippen molar-refractivity contribution in [1.82, 2.24) is 5.32 Å². The third kappa shape index (κ3) is 7.38. The first-order chi connectivity index (χ1) is 15.9. The summed E-state index contributed by atoms with van der Waals surface area (Å²) in [7, 11) is 0. The maximum atomic E-state index is 12.5. The first kappa shape index (κ1) is 23.9. The summed E-state index contributed by atoms with van der Waals surface area (Å²) in [6, 6.07) is 24.1. The Morgan fingerprint density at radius 1 is 0.848 bits per heavy atom. The van der Waals surface area contributed by atoms with Crippen LogP contribution in [-0.2, 0) is 4.79 Å². The molecule has 0 fully saturated rings. The highest BCUT2D eigenvalue weighted by Crippen LogP contribution is 2.18. The van der Waals surface area contributed by atoms with Gasteiger partial charge in [-0.1, -0.05) is 37.3 Å². The molecule has 33 heavy (non-hydrogen) atoms. The zero-order valence-corrected chi connectivity index (χ0v) is 19.3. The second kappa shape index (κ2) is 11.7. The fourth-order valence-corrected chi connectivity index (χ4v) is 3.16. The number of hydrogen-bond acceptors (Lipinski definition) is 4. The quantitative estimate of drug-likeness (QED) is 0.390. The van der Waals surface area contributed by atoms with Crippen LogP contribution in [0.2, 0.25) is 0 Å². The van der Waals surface area contributed by atoms with E-state index in [2.05, 4.69) is 22.9 Å².